The summed E-state index contributed by atoms with van der Waals surface area (Å²) in [5.41, 5.74) is 4.67. The van der Waals surface area contributed by atoms with Crippen LogP contribution in [-0.2, 0) is 32.4 Å². The average Bonchev–Trinajstić information content (AvgIpc) is 3.91. The molecule has 4 amide bonds. The summed E-state index contributed by atoms with van der Waals surface area (Å²) in [6.07, 6.45) is 9.90. The number of benzene rings is 1. The minimum absolute atomic E-state index is 0.00359. The second kappa shape index (κ2) is 16.4. The summed E-state index contributed by atoms with van der Waals surface area (Å²) in [6.45, 7) is 3.23. The summed E-state index contributed by atoms with van der Waals surface area (Å²) >= 11 is 0. The van der Waals surface area contributed by atoms with Crippen LogP contribution in [0.4, 0.5) is 17.1 Å². The van der Waals surface area contributed by atoms with Gasteiger partial charge in [-0.05, 0) is 68.0 Å². The molecule has 2 aliphatic heterocycles. The van der Waals surface area contributed by atoms with Gasteiger partial charge in [-0.1, -0.05) is 0 Å². The van der Waals surface area contributed by atoms with Crippen LogP contribution < -0.4 is 20.7 Å². The molecule has 2 aliphatic rings. The van der Waals surface area contributed by atoms with E-state index in [1.807, 2.05) is 24.1 Å². The Hall–Kier alpha value is -5.96. The summed E-state index contributed by atoms with van der Waals surface area (Å²) in [4.78, 5) is 71.2. The van der Waals surface area contributed by atoms with Gasteiger partial charge in [0, 0.05) is 84.6 Å². The molecule has 1 atom stereocenters. The average molecular weight is 739 g/mol. The molecular weight excluding hydrogens is 692 g/mol. The highest BCUT2D eigenvalue weighted by Crippen LogP contribution is 2.34. The van der Waals surface area contributed by atoms with Crippen LogP contribution >= 0.6 is 0 Å². The summed E-state index contributed by atoms with van der Waals surface area (Å²) < 4.78 is 10.9. The molecule has 6 rings (SSSR count). The molecule has 4 aromatic rings. The molecule has 0 radical (unpaired) electrons. The predicted octanol–water partition coefficient (Wildman–Crippen LogP) is 3.92. The Bertz CT molecular complexity index is 2120. The van der Waals surface area contributed by atoms with Gasteiger partial charge in [0.2, 0.25) is 5.91 Å². The molecule has 15 nitrogen and oxygen atoms in total. The van der Waals surface area contributed by atoms with Gasteiger partial charge in [0.25, 0.3) is 17.7 Å². The number of nitrogens with one attached hydrogen (secondary N) is 3. The van der Waals surface area contributed by atoms with E-state index >= 15 is 0 Å². The molecular formula is C39H46N8O7. The van der Waals surface area contributed by atoms with Crippen LogP contribution in [0.3, 0.4) is 0 Å². The number of aliphatic hydroxyl groups excluding tert-OH is 1. The first-order valence-electron chi connectivity index (χ1n) is 18.1. The lowest BCUT2D eigenvalue weighted by molar-refractivity contribution is -0.116. The second-order valence-electron chi connectivity index (χ2n) is 13.8. The molecule has 0 saturated carbocycles. The number of hydrogen-bond donors (Lipinski definition) is 4. The zero-order valence-electron chi connectivity index (χ0n) is 31.0. The van der Waals surface area contributed by atoms with E-state index in [1.165, 1.54) is 0 Å². The zero-order chi connectivity index (χ0) is 38.5. The van der Waals surface area contributed by atoms with Gasteiger partial charge in [-0.3, -0.25) is 29.0 Å². The normalized spacial score (nSPS) is 14.7. The first kappa shape index (κ1) is 37.8. The summed E-state index contributed by atoms with van der Waals surface area (Å²) in [5.74, 6) is -0.501. The van der Waals surface area contributed by atoms with Crippen LogP contribution in [0.25, 0.3) is 0 Å². The number of aliphatic imine (C=N–C) groups is 1. The lowest BCUT2D eigenvalue weighted by Crippen LogP contribution is -2.35. The fourth-order valence-corrected chi connectivity index (χ4v) is 6.84. The Morgan fingerprint density at radius 3 is 2.37 bits per heavy atom. The third kappa shape index (κ3) is 8.46. The van der Waals surface area contributed by atoms with Gasteiger partial charge in [0.05, 0.1) is 41.0 Å². The van der Waals surface area contributed by atoms with Crippen molar-refractivity contribution in [1.82, 2.24) is 23.9 Å². The maximum Gasteiger partial charge on any atom is 0.272 e. The number of rotatable bonds is 15. The Kier molecular flexibility index (Phi) is 11.5. The molecule has 4 N–H and O–H groups in total. The van der Waals surface area contributed by atoms with E-state index in [0.29, 0.717) is 77.0 Å². The van der Waals surface area contributed by atoms with E-state index in [9.17, 15) is 24.0 Å². The molecule has 3 aromatic heterocycles. The zero-order valence-corrected chi connectivity index (χ0v) is 31.0. The lowest BCUT2D eigenvalue weighted by atomic mass is 10.1. The molecule has 0 spiro atoms. The number of carbonyl (C=O) groups excluding carboxylic acids is 5. The van der Waals surface area contributed by atoms with Crippen molar-refractivity contribution in [2.24, 2.45) is 26.1 Å². The van der Waals surface area contributed by atoms with Crippen LogP contribution in [0.15, 0.2) is 53.9 Å². The number of anilines is 2. The van der Waals surface area contributed by atoms with E-state index in [-0.39, 0.29) is 49.0 Å². The summed E-state index contributed by atoms with van der Waals surface area (Å²) in [7, 11) is 5.14. The van der Waals surface area contributed by atoms with Crippen molar-refractivity contribution in [2.75, 3.05) is 36.9 Å². The van der Waals surface area contributed by atoms with E-state index in [4.69, 9.17) is 9.84 Å². The first-order valence-corrected chi connectivity index (χ1v) is 18.1. The molecule has 1 saturated heterocycles. The fourth-order valence-electron chi connectivity index (χ4n) is 6.84. The molecule has 5 heterocycles. The quantitative estimate of drug-likeness (QED) is 0.105. The van der Waals surface area contributed by atoms with Crippen molar-refractivity contribution in [3.63, 3.8) is 0 Å². The van der Waals surface area contributed by atoms with E-state index in [1.54, 1.807) is 77.7 Å². The van der Waals surface area contributed by atoms with Gasteiger partial charge in [-0.15, -0.1) is 0 Å². The maximum atomic E-state index is 13.3. The minimum Gasteiger partial charge on any atom is -0.493 e. The number of nitrogens with zero attached hydrogens (tertiary/aromatic N) is 5. The number of aromatic nitrogens is 3. The lowest BCUT2D eigenvalue weighted by Gasteiger charge is -2.20. The molecule has 284 valence electrons. The molecule has 0 unspecified atom stereocenters. The number of aryl methyl sites for hydroxylation is 4. The van der Waals surface area contributed by atoms with Gasteiger partial charge in [-0.2, -0.15) is 0 Å². The molecule has 54 heavy (non-hydrogen) atoms. The van der Waals surface area contributed by atoms with Gasteiger partial charge in [0.15, 0.2) is 5.78 Å². The number of aliphatic hydroxyl groups is 1. The number of ketones is 1. The van der Waals surface area contributed by atoms with Crippen molar-refractivity contribution in [3.8, 4) is 5.75 Å². The summed E-state index contributed by atoms with van der Waals surface area (Å²) in [6, 6.07) is 8.50. The van der Waals surface area contributed by atoms with Crippen LogP contribution in [0.1, 0.15) is 85.1 Å². The minimum atomic E-state index is -0.401. The van der Waals surface area contributed by atoms with Crippen LogP contribution in [0.5, 0.6) is 5.75 Å². The molecule has 1 fully saturated rings. The Labute approximate surface area is 313 Å². The van der Waals surface area contributed by atoms with Crippen LogP contribution in [0.2, 0.25) is 0 Å². The van der Waals surface area contributed by atoms with Crippen molar-refractivity contribution in [1.29, 1.82) is 0 Å². The Balaban J connectivity index is 0.982. The van der Waals surface area contributed by atoms with E-state index in [0.717, 1.165) is 24.9 Å². The first-order chi connectivity index (χ1) is 25.9. The monoisotopic (exact) mass is 738 g/mol. The highest BCUT2D eigenvalue weighted by atomic mass is 16.5. The molecule has 0 bridgehead atoms. The standard InChI is InChI=1S/C39H46N8O7/c1-24-14-29-30(41-20-28-8-5-11-47(28)39(29)53)19-35(24)54-13-6-9-36(50)42-26-17-31(45(3)22-26)34(49)16-25-15-32(44(2)21-25)38(52)43-27-18-33(46(4)23-27)37(51)40-10-7-12-48/h14-15,17-23,28,48H,5-13,16H2,1-4H3,(H,40,51)(H,42,50)(H,43,52)/t28-/m0/s1. The number of ether oxygens (including phenoxy) is 1. The van der Waals surface area contributed by atoms with E-state index in [2.05, 4.69) is 20.9 Å². The SMILES string of the molecule is Cc1cc2c(cc1OCCCC(=O)Nc1cc(C(=O)Cc3cc(C(=O)Nc4cc(C(=O)NCCCO)n(C)c4)n(C)c3)n(C)c1)N=C[C@@H]1CCCN1C2=O. The van der Waals surface area contributed by atoms with Gasteiger partial charge >= 0.3 is 0 Å². The third-order valence-electron chi connectivity index (χ3n) is 9.62. The largest absolute Gasteiger partial charge is 0.493 e. The smallest absolute Gasteiger partial charge is 0.272 e. The number of Topliss-reactive ketones (excluding diaryl/α,β-unsaturated/α-hetero) is 1. The maximum absolute atomic E-state index is 13.3. The van der Waals surface area contributed by atoms with Crippen LogP contribution in [-0.4, -0.2) is 91.7 Å². The predicted molar refractivity (Wildman–Crippen MR) is 203 cm³/mol. The van der Waals surface area contributed by atoms with Crippen molar-refractivity contribution >= 4 is 52.7 Å². The van der Waals surface area contributed by atoms with Gasteiger partial charge in [0.1, 0.15) is 17.1 Å². The van der Waals surface area contributed by atoms with Crippen molar-refractivity contribution < 1.29 is 33.8 Å². The number of amides is 4. The number of fused-ring (bicyclic) bond motifs is 2. The van der Waals surface area contributed by atoms with Gasteiger partial charge < -0.3 is 44.4 Å². The Morgan fingerprint density at radius 2 is 1.59 bits per heavy atom. The third-order valence-corrected chi connectivity index (χ3v) is 9.62. The van der Waals surface area contributed by atoms with Gasteiger partial charge in [-0.25, -0.2) is 0 Å². The topological polar surface area (TPSA) is 181 Å². The molecule has 1 aromatic carbocycles. The second-order valence-corrected chi connectivity index (χ2v) is 13.8. The Morgan fingerprint density at radius 1 is 0.889 bits per heavy atom. The molecule has 0 aliphatic carbocycles. The summed E-state index contributed by atoms with van der Waals surface area (Å²) in [5, 5.41) is 17.3. The molecule has 15 heteroatoms. The van der Waals surface area contributed by atoms with Crippen LogP contribution in [0, 0.1) is 6.92 Å². The van der Waals surface area contributed by atoms with E-state index < -0.39 is 5.91 Å². The highest BCUT2D eigenvalue weighted by molar-refractivity contribution is 6.05. The fraction of sp³-hybridized carbons (Fsp3) is 0.385. The number of carbonyl (C=O) groups is 5. The van der Waals surface area contributed by atoms with Crippen molar-refractivity contribution in [2.45, 2.75) is 51.5 Å². The number of hydrogen-bond acceptors (Lipinski definition) is 8. The van der Waals surface area contributed by atoms with Crippen molar-refractivity contribution in [3.05, 3.63) is 82.7 Å². The highest BCUT2D eigenvalue weighted by Gasteiger charge is 2.32.